The van der Waals surface area contributed by atoms with Crippen molar-refractivity contribution in [3.8, 4) is 23.0 Å². The predicted molar refractivity (Wildman–Crippen MR) is 203 cm³/mol. The van der Waals surface area contributed by atoms with E-state index in [-0.39, 0.29) is 0 Å². The maximum absolute atomic E-state index is 6.12. The zero-order chi connectivity index (χ0) is 34.6. The smallest absolute Gasteiger partial charge is 0.161 e. The van der Waals surface area contributed by atoms with Crippen LogP contribution < -0.4 is 19.3 Å². The van der Waals surface area contributed by atoms with Gasteiger partial charge in [0.15, 0.2) is 13.5 Å². The Kier molecular flexibility index (Phi) is 12.3. The van der Waals surface area contributed by atoms with Crippen LogP contribution in [0.1, 0.15) is 27.7 Å². The minimum absolute atomic E-state index is 0.466. The first kappa shape index (κ1) is 35.0. The molecule has 4 aromatic rings. The lowest BCUT2D eigenvalue weighted by Gasteiger charge is -2.32. The van der Waals surface area contributed by atoms with Gasteiger partial charge >= 0.3 is 0 Å². The number of hydrogen-bond acceptors (Lipinski definition) is 7. The van der Waals surface area contributed by atoms with Crippen LogP contribution in [0.15, 0.2) is 167 Å². The zero-order valence-corrected chi connectivity index (χ0v) is 29.5. The van der Waals surface area contributed by atoms with Crippen LogP contribution >= 0.6 is 11.8 Å². The lowest BCUT2D eigenvalue weighted by atomic mass is 10.2. The summed E-state index contributed by atoms with van der Waals surface area (Å²) in [6.45, 7) is 18.5. The van der Waals surface area contributed by atoms with Crippen molar-refractivity contribution >= 4 is 23.1 Å². The first-order chi connectivity index (χ1) is 24.0. The van der Waals surface area contributed by atoms with Crippen LogP contribution in [0, 0.1) is 0 Å². The van der Waals surface area contributed by atoms with Gasteiger partial charge in [0.25, 0.3) is 0 Å². The van der Waals surface area contributed by atoms with Gasteiger partial charge in [-0.1, -0.05) is 50.9 Å². The van der Waals surface area contributed by atoms with Crippen molar-refractivity contribution in [1.29, 1.82) is 0 Å². The van der Waals surface area contributed by atoms with Gasteiger partial charge in [-0.05, 0) is 129 Å². The Balaban J connectivity index is 0.00000230. The Morgan fingerprint density at radius 1 is 0.673 bits per heavy atom. The highest BCUT2D eigenvalue weighted by Gasteiger charge is 2.19. The SMILES string of the molecule is C=C/C=C1/OCN(c2ccc(Oc3ccc(Sc4ccc(Oc5ccc(N6COC(/C=C\C)=C(C)C6)cc5)cc4)cc3)cc2)CC1=C.CC. The van der Waals surface area contributed by atoms with Crippen LogP contribution in [0.25, 0.3) is 0 Å². The van der Waals surface area contributed by atoms with Gasteiger partial charge in [-0.25, -0.2) is 0 Å². The van der Waals surface area contributed by atoms with Crippen molar-refractivity contribution in [3.63, 3.8) is 0 Å². The van der Waals surface area contributed by atoms with Gasteiger partial charge in [-0.15, -0.1) is 0 Å². The molecule has 6 nitrogen and oxygen atoms in total. The summed E-state index contributed by atoms with van der Waals surface area (Å²) in [6.07, 6.45) is 7.58. The van der Waals surface area contributed by atoms with Gasteiger partial charge in [-0.2, -0.15) is 0 Å². The fourth-order valence-electron chi connectivity index (χ4n) is 5.24. The molecule has 0 amide bonds. The molecule has 0 aromatic heterocycles. The molecule has 0 atom stereocenters. The summed E-state index contributed by atoms with van der Waals surface area (Å²) in [7, 11) is 0. The molecule has 0 bridgehead atoms. The summed E-state index contributed by atoms with van der Waals surface area (Å²) in [5.41, 5.74) is 4.29. The highest BCUT2D eigenvalue weighted by Crippen LogP contribution is 2.34. The molecular formula is C42H44N2O4S. The minimum Gasteiger partial charge on any atom is -0.473 e. The minimum atomic E-state index is 0.466. The first-order valence-electron chi connectivity index (χ1n) is 16.5. The Hall–Kier alpha value is -5.27. The number of ether oxygens (including phenoxy) is 4. The molecule has 2 aliphatic rings. The van der Waals surface area contributed by atoms with E-state index in [1.807, 2.05) is 99.7 Å². The molecule has 7 heteroatoms. The number of nitrogens with zero attached hydrogens (tertiary/aromatic N) is 2. The van der Waals surface area contributed by atoms with Crippen LogP contribution in [-0.2, 0) is 9.47 Å². The van der Waals surface area contributed by atoms with E-state index < -0.39 is 0 Å². The monoisotopic (exact) mass is 672 g/mol. The third kappa shape index (κ3) is 9.42. The number of allylic oxidation sites excluding steroid dienone is 4. The van der Waals surface area contributed by atoms with Crippen LogP contribution in [0.4, 0.5) is 11.4 Å². The number of benzene rings is 4. The Bertz CT molecular complexity index is 1790. The fraction of sp³-hybridized carbons (Fsp3) is 0.190. The zero-order valence-electron chi connectivity index (χ0n) is 28.7. The van der Waals surface area contributed by atoms with Crippen LogP contribution in [-0.4, -0.2) is 26.6 Å². The van der Waals surface area contributed by atoms with Gasteiger partial charge in [0, 0.05) is 39.8 Å². The standard InChI is InChI=1S/C40H38N2O4S.C2H6/c1-5-7-39-29(3)25-41(27-43-39)31-9-13-33(14-10-31)45-35-17-21-37(22-18-35)47-38-23-19-36(20-24-38)46-34-15-11-32(12-16-34)42-26-30(4)40(8-6-2)44-28-42;1-2/h5-24H,1,3,25-28H2,2,4H3;1-2H3/b8-6-,39-7+;. The molecule has 1 saturated heterocycles. The van der Waals surface area contributed by atoms with Crippen molar-refractivity contribution in [2.75, 3.05) is 36.4 Å². The van der Waals surface area contributed by atoms with Gasteiger partial charge in [-0.3, -0.25) is 0 Å². The van der Waals surface area contributed by atoms with Gasteiger partial charge in [0.2, 0.25) is 0 Å². The van der Waals surface area contributed by atoms with Crippen molar-refractivity contribution < 1.29 is 18.9 Å². The Morgan fingerprint density at radius 2 is 1.12 bits per heavy atom. The summed E-state index contributed by atoms with van der Waals surface area (Å²) < 4.78 is 23.9. The molecule has 0 saturated carbocycles. The second-order valence-corrected chi connectivity index (χ2v) is 12.3. The second kappa shape index (κ2) is 17.2. The van der Waals surface area contributed by atoms with Crippen molar-refractivity contribution in [2.24, 2.45) is 0 Å². The molecule has 4 aromatic carbocycles. The van der Waals surface area contributed by atoms with Gasteiger partial charge < -0.3 is 28.7 Å². The first-order valence-corrected chi connectivity index (χ1v) is 17.3. The van der Waals surface area contributed by atoms with Crippen LogP contribution in [0.5, 0.6) is 23.0 Å². The third-order valence-electron chi connectivity index (χ3n) is 7.68. The summed E-state index contributed by atoms with van der Waals surface area (Å²) in [4.78, 5) is 6.58. The summed E-state index contributed by atoms with van der Waals surface area (Å²) >= 11 is 1.69. The van der Waals surface area contributed by atoms with Gasteiger partial charge in [0.05, 0.1) is 0 Å². The van der Waals surface area contributed by atoms with Crippen molar-refractivity contribution in [3.05, 3.63) is 157 Å². The number of rotatable bonds is 10. The maximum Gasteiger partial charge on any atom is 0.161 e. The van der Waals surface area contributed by atoms with E-state index in [0.717, 1.165) is 67.8 Å². The van der Waals surface area contributed by atoms with E-state index in [1.165, 1.54) is 5.57 Å². The normalized spacial score (nSPS) is 15.3. The number of anilines is 2. The molecule has 1 fully saturated rings. The topological polar surface area (TPSA) is 43.4 Å². The number of hydrogen-bond donors (Lipinski definition) is 0. The van der Waals surface area contributed by atoms with E-state index in [9.17, 15) is 0 Å². The Morgan fingerprint density at radius 3 is 1.55 bits per heavy atom. The van der Waals surface area contributed by atoms with E-state index >= 15 is 0 Å². The van der Waals surface area contributed by atoms with Crippen LogP contribution in [0.3, 0.4) is 0 Å². The summed E-state index contributed by atoms with van der Waals surface area (Å²) in [5, 5.41) is 0. The van der Waals surface area contributed by atoms with Gasteiger partial charge in [0.1, 0.15) is 34.5 Å². The van der Waals surface area contributed by atoms with Crippen molar-refractivity contribution in [1.82, 2.24) is 0 Å². The molecule has 2 aliphatic heterocycles. The van der Waals surface area contributed by atoms with Crippen LogP contribution in [0.2, 0.25) is 0 Å². The van der Waals surface area contributed by atoms with E-state index in [4.69, 9.17) is 18.9 Å². The predicted octanol–water partition coefficient (Wildman–Crippen LogP) is 11.5. The van der Waals surface area contributed by atoms with Crippen molar-refractivity contribution in [2.45, 2.75) is 37.5 Å². The molecule has 0 N–H and O–H groups in total. The molecular weight excluding hydrogens is 629 g/mol. The highest BCUT2D eigenvalue weighted by molar-refractivity contribution is 7.99. The van der Waals surface area contributed by atoms with E-state index in [2.05, 4.69) is 66.3 Å². The maximum atomic E-state index is 6.12. The average Bonchev–Trinajstić information content (AvgIpc) is 3.13. The summed E-state index contributed by atoms with van der Waals surface area (Å²) in [5.74, 6) is 4.89. The molecule has 2 heterocycles. The molecule has 0 unspecified atom stereocenters. The summed E-state index contributed by atoms with van der Waals surface area (Å²) in [6, 6.07) is 32.4. The molecule has 252 valence electrons. The quantitative estimate of drug-likeness (QED) is 0.166. The average molecular weight is 673 g/mol. The molecule has 0 spiro atoms. The molecule has 49 heavy (non-hydrogen) atoms. The highest BCUT2D eigenvalue weighted by atomic mass is 32.2. The molecule has 0 aliphatic carbocycles. The largest absolute Gasteiger partial charge is 0.473 e. The fourth-order valence-corrected chi connectivity index (χ4v) is 6.06. The lowest BCUT2D eigenvalue weighted by molar-refractivity contribution is 0.202. The Labute approximate surface area is 295 Å². The van der Waals surface area contributed by atoms with E-state index in [0.29, 0.717) is 20.0 Å². The van der Waals surface area contributed by atoms with E-state index in [1.54, 1.807) is 17.8 Å². The third-order valence-corrected chi connectivity index (χ3v) is 8.69. The second-order valence-electron chi connectivity index (χ2n) is 11.2. The molecule has 6 rings (SSSR count). The lowest BCUT2D eigenvalue weighted by Crippen LogP contribution is -2.33. The molecule has 0 radical (unpaired) electrons.